The Morgan fingerprint density at radius 1 is 1.03 bits per heavy atom. The van der Waals surface area contributed by atoms with E-state index in [1.165, 1.54) is 41.0 Å². The third-order valence-electron chi connectivity index (χ3n) is 5.20. The first-order valence-electron chi connectivity index (χ1n) is 10.1. The minimum Gasteiger partial charge on any atom is -0.492 e. The van der Waals surface area contributed by atoms with E-state index in [9.17, 15) is 17.6 Å². The van der Waals surface area contributed by atoms with Crippen LogP contribution >= 0.6 is 0 Å². The van der Waals surface area contributed by atoms with Crippen LogP contribution in [-0.2, 0) is 16.9 Å². The Kier molecular flexibility index (Phi) is 5.88. The molecule has 0 radical (unpaired) electrons. The molecule has 0 aliphatic carbocycles. The summed E-state index contributed by atoms with van der Waals surface area (Å²) in [5.41, 5.74) is 1.25. The van der Waals surface area contributed by atoms with Crippen LogP contribution in [-0.4, -0.2) is 25.3 Å². The lowest BCUT2D eigenvalue weighted by Gasteiger charge is -2.18. The summed E-state index contributed by atoms with van der Waals surface area (Å²) in [4.78, 5) is 12.4. The van der Waals surface area contributed by atoms with Gasteiger partial charge in [0.15, 0.2) is 9.84 Å². The van der Waals surface area contributed by atoms with Gasteiger partial charge in [-0.05, 0) is 42.8 Å². The van der Waals surface area contributed by atoms with Crippen LogP contribution in [0.3, 0.4) is 0 Å². The van der Waals surface area contributed by atoms with E-state index in [4.69, 9.17) is 9.47 Å². The van der Waals surface area contributed by atoms with Gasteiger partial charge < -0.3 is 14.0 Å². The normalized spacial score (nSPS) is 14.5. The molecule has 0 amide bonds. The quantitative estimate of drug-likeness (QED) is 0.566. The SMILES string of the molecule is CCS(=O)(=O)c1ccc2c(c1)-c1cn(C)c(=O)cc1OCC/C=C/c1cc(F)ccc1O2. The van der Waals surface area contributed by atoms with Gasteiger partial charge in [-0.3, -0.25) is 4.79 Å². The van der Waals surface area contributed by atoms with Crippen LogP contribution in [0.4, 0.5) is 4.39 Å². The van der Waals surface area contributed by atoms with Crippen molar-refractivity contribution in [2.24, 2.45) is 7.05 Å². The number of aryl methyl sites for hydroxylation is 1. The van der Waals surface area contributed by atoms with E-state index in [-0.39, 0.29) is 22.8 Å². The monoisotopic (exact) mass is 455 g/mol. The second-order valence-corrected chi connectivity index (χ2v) is 9.66. The summed E-state index contributed by atoms with van der Waals surface area (Å²) in [7, 11) is -1.89. The molecule has 0 atom stereocenters. The number of pyridine rings is 1. The second kappa shape index (κ2) is 8.63. The highest BCUT2D eigenvalue weighted by molar-refractivity contribution is 7.91. The molecule has 8 heteroatoms. The van der Waals surface area contributed by atoms with Crippen molar-refractivity contribution in [2.75, 3.05) is 12.4 Å². The van der Waals surface area contributed by atoms with Gasteiger partial charge in [-0.15, -0.1) is 0 Å². The zero-order valence-corrected chi connectivity index (χ0v) is 18.5. The van der Waals surface area contributed by atoms with E-state index in [1.807, 2.05) is 6.08 Å². The van der Waals surface area contributed by atoms with Crippen molar-refractivity contribution in [3.05, 3.63) is 76.5 Å². The Bertz CT molecular complexity index is 1380. The molecule has 0 bridgehead atoms. The molecule has 3 aromatic rings. The van der Waals surface area contributed by atoms with Crippen molar-refractivity contribution in [3.63, 3.8) is 0 Å². The Labute approximate surface area is 185 Å². The van der Waals surface area contributed by atoms with Crippen LogP contribution in [0.15, 0.2) is 64.4 Å². The first-order chi connectivity index (χ1) is 15.3. The van der Waals surface area contributed by atoms with Gasteiger partial charge in [0.2, 0.25) is 0 Å². The van der Waals surface area contributed by atoms with Gasteiger partial charge >= 0.3 is 0 Å². The van der Waals surface area contributed by atoms with Crippen LogP contribution < -0.4 is 15.0 Å². The summed E-state index contributed by atoms with van der Waals surface area (Å²) in [6.07, 6.45) is 5.68. The number of benzene rings is 2. The first kappa shape index (κ1) is 21.8. The maximum absolute atomic E-state index is 13.8. The maximum atomic E-state index is 13.8. The molecule has 166 valence electrons. The summed E-state index contributed by atoms with van der Waals surface area (Å²) >= 11 is 0. The van der Waals surface area contributed by atoms with Crippen molar-refractivity contribution in [1.29, 1.82) is 0 Å². The zero-order valence-electron chi connectivity index (χ0n) is 17.7. The lowest BCUT2D eigenvalue weighted by molar-refractivity contribution is 0.325. The van der Waals surface area contributed by atoms with E-state index < -0.39 is 15.7 Å². The van der Waals surface area contributed by atoms with Gasteiger partial charge in [0.05, 0.1) is 17.3 Å². The first-order valence-corrected chi connectivity index (χ1v) is 11.8. The number of halogens is 1. The number of aromatic nitrogens is 1. The number of sulfone groups is 1. The smallest absolute Gasteiger partial charge is 0.254 e. The third-order valence-corrected chi connectivity index (χ3v) is 6.93. The number of nitrogens with zero attached hydrogens (tertiary/aromatic N) is 1. The number of hydrogen-bond acceptors (Lipinski definition) is 5. The summed E-state index contributed by atoms with van der Waals surface area (Å²) in [6, 6.07) is 10.1. The maximum Gasteiger partial charge on any atom is 0.254 e. The molecular weight excluding hydrogens is 433 g/mol. The molecule has 0 saturated heterocycles. The Morgan fingerprint density at radius 3 is 2.59 bits per heavy atom. The Hall–Kier alpha value is -3.39. The summed E-state index contributed by atoms with van der Waals surface area (Å²) in [5, 5.41) is 0. The fourth-order valence-corrected chi connectivity index (χ4v) is 4.32. The second-order valence-electron chi connectivity index (χ2n) is 7.39. The molecule has 32 heavy (non-hydrogen) atoms. The van der Waals surface area contributed by atoms with Crippen LogP contribution in [0.2, 0.25) is 0 Å². The predicted molar refractivity (Wildman–Crippen MR) is 120 cm³/mol. The average Bonchev–Trinajstić information content (AvgIpc) is 2.76. The summed E-state index contributed by atoms with van der Waals surface area (Å²) in [6.45, 7) is 1.85. The summed E-state index contributed by atoms with van der Waals surface area (Å²) in [5.74, 6) is 0.645. The fourth-order valence-electron chi connectivity index (χ4n) is 3.41. The fraction of sp³-hybridized carbons (Fsp3) is 0.208. The molecular formula is C24H22FNO5S. The molecule has 0 unspecified atom stereocenters. The van der Waals surface area contributed by atoms with Gasteiger partial charge in [0.1, 0.15) is 23.1 Å². The lowest BCUT2D eigenvalue weighted by atomic mass is 10.0. The highest BCUT2D eigenvalue weighted by Gasteiger charge is 2.20. The molecule has 2 aromatic carbocycles. The topological polar surface area (TPSA) is 74.6 Å². The van der Waals surface area contributed by atoms with Gasteiger partial charge in [-0.25, -0.2) is 12.8 Å². The molecule has 2 heterocycles. The largest absolute Gasteiger partial charge is 0.492 e. The molecule has 4 rings (SSSR count). The van der Waals surface area contributed by atoms with Gasteiger partial charge in [0.25, 0.3) is 5.56 Å². The van der Waals surface area contributed by atoms with Crippen LogP contribution in [0.1, 0.15) is 18.9 Å². The minimum absolute atomic E-state index is 0.0593. The predicted octanol–water partition coefficient (Wildman–Crippen LogP) is 4.57. The van der Waals surface area contributed by atoms with Crippen molar-refractivity contribution in [1.82, 2.24) is 4.57 Å². The van der Waals surface area contributed by atoms with E-state index in [0.29, 0.717) is 40.4 Å². The van der Waals surface area contributed by atoms with Crippen molar-refractivity contribution < 1.29 is 22.3 Å². The highest BCUT2D eigenvalue weighted by Crippen LogP contribution is 2.40. The van der Waals surface area contributed by atoms with E-state index in [0.717, 1.165) is 0 Å². The third kappa shape index (κ3) is 4.31. The number of ether oxygens (including phenoxy) is 2. The Balaban J connectivity index is 2.00. The highest BCUT2D eigenvalue weighted by atomic mass is 32.2. The van der Waals surface area contributed by atoms with Crippen molar-refractivity contribution in [3.8, 4) is 28.4 Å². The lowest BCUT2D eigenvalue weighted by Crippen LogP contribution is -2.16. The number of hydrogen-bond donors (Lipinski definition) is 0. The summed E-state index contributed by atoms with van der Waals surface area (Å²) < 4.78 is 52.4. The average molecular weight is 456 g/mol. The molecule has 0 fully saturated rings. The molecule has 0 spiro atoms. The molecule has 1 aliphatic rings. The van der Waals surface area contributed by atoms with E-state index in [1.54, 1.807) is 32.3 Å². The minimum atomic E-state index is -3.49. The molecule has 6 nitrogen and oxygen atoms in total. The van der Waals surface area contributed by atoms with Crippen LogP contribution in [0.25, 0.3) is 17.2 Å². The van der Waals surface area contributed by atoms with Gasteiger partial charge in [0, 0.05) is 36.0 Å². The van der Waals surface area contributed by atoms with Crippen molar-refractivity contribution >= 4 is 15.9 Å². The van der Waals surface area contributed by atoms with Gasteiger partial charge in [-0.2, -0.15) is 0 Å². The van der Waals surface area contributed by atoms with E-state index >= 15 is 0 Å². The molecule has 0 N–H and O–H groups in total. The van der Waals surface area contributed by atoms with E-state index in [2.05, 4.69) is 0 Å². The standard InChI is InChI=1S/C24H22FNO5S/c1-3-32(28,29)18-8-10-22-19(13-18)20-15-26(2)24(27)14-23(20)30-11-5-4-6-16-12-17(25)7-9-21(16)31-22/h4,6-10,12-15H,3,5,11H2,1-2H3/b6-4+. The number of rotatable bonds is 2. The van der Waals surface area contributed by atoms with Crippen LogP contribution in [0.5, 0.6) is 17.2 Å². The molecule has 0 saturated carbocycles. The zero-order chi connectivity index (χ0) is 22.9. The molecule has 1 aliphatic heterocycles. The van der Waals surface area contributed by atoms with Gasteiger partial charge in [-0.1, -0.05) is 19.1 Å². The van der Waals surface area contributed by atoms with Crippen LogP contribution in [0, 0.1) is 5.82 Å². The Morgan fingerprint density at radius 2 is 1.81 bits per heavy atom. The molecule has 1 aromatic heterocycles. The van der Waals surface area contributed by atoms with Crippen molar-refractivity contribution in [2.45, 2.75) is 18.2 Å². The number of fused-ring (bicyclic) bond motifs is 4.